The van der Waals surface area contributed by atoms with Gasteiger partial charge >= 0.3 is 0 Å². The minimum absolute atomic E-state index is 0.0424. The van der Waals surface area contributed by atoms with Crippen LogP contribution in [0.4, 0.5) is 8.78 Å². The van der Waals surface area contributed by atoms with Crippen molar-refractivity contribution in [2.75, 3.05) is 13.4 Å². The Morgan fingerprint density at radius 2 is 1.78 bits per heavy atom. The van der Waals surface area contributed by atoms with E-state index in [1.807, 2.05) is 42.5 Å². The van der Waals surface area contributed by atoms with E-state index < -0.39 is 22.8 Å². The first kappa shape index (κ1) is 29.8. The molecule has 41 heavy (non-hydrogen) atoms. The van der Waals surface area contributed by atoms with Crippen molar-refractivity contribution in [2.24, 2.45) is 5.92 Å². The molecular formula is C32H32ClF2NO3S2. The summed E-state index contributed by atoms with van der Waals surface area (Å²) in [6, 6.07) is 15.4. The van der Waals surface area contributed by atoms with E-state index in [1.165, 1.54) is 0 Å². The molecule has 1 aromatic heterocycles. The van der Waals surface area contributed by atoms with Crippen molar-refractivity contribution in [1.82, 2.24) is 4.90 Å². The molecular weight excluding hydrogens is 584 g/mol. The van der Waals surface area contributed by atoms with Crippen molar-refractivity contribution >= 4 is 50.1 Å². The number of hydrogen-bond donors (Lipinski definition) is 0. The second-order valence-corrected chi connectivity index (χ2v) is 13.3. The molecule has 0 radical (unpaired) electrons. The van der Waals surface area contributed by atoms with Gasteiger partial charge in [-0.25, -0.2) is 8.78 Å². The number of methoxy groups -OCH3 is 1. The van der Waals surface area contributed by atoms with E-state index >= 15 is 0 Å². The Morgan fingerprint density at radius 3 is 2.44 bits per heavy atom. The number of rotatable bonds is 8. The van der Waals surface area contributed by atoms with Gasteiger partial charge in [-0.1, -0.05) is 43.1 Å². The topological polar surface area (TPSA) is 52.6 Å². The highest BCUT2D eigenvalue weighted by molar-refractivity contribution is 7.90. The summed E-state index contributed by atoms with van der Waals surface area (Å²) in [6.07, 6.45) is 6.42. The van der Waals surface area contributed by atoms with Crippen molar-refractivity contribution in [3.63, 3.8) is 0 Å². The molecule has 5 rings (SSSR count). The number of thiophene rings is 1. The van der Waals surface area contributed by atoms with E-state index in [-0.39, 0.29) is 38.5 Å². The third-order valence-corrected chi connectivity index (χ3v) is 10.7. The van der Waals surface area contributed by atoms with E-state index in [1.54, 1.807) is 18.3 Å². The van der Waals surface area contributed by atoms with E-state index in [0.29, 0.717) is 11.7 Å². The van der Waals surface area contributed by atoms with Gasteiger partial charge in [0.15, 0.2) is 4.90 Å². The number of benzene rings is 3. The monoisotopic (exact) mass is 615 g/mol. The van der Waals surface area contributed by atoms with Crippen LogP contribution in [-0.4, -0.2) is 34.8 Å². The van der Waals surface area contributed by atoms with Crippen LogP contribution in [0.15, 0.2) is 59.5 Å². The second kappa shape index (κ2) is 12.7. The third kappa shape index (κ3) is 6.12. The van der Waals surface area contributed by atoms with Crippen LogP contribution in [0.5, 0.6) is 5.75 Å². The first-order valence-corrected chi connectivity index (χ1v) is 16.4. The lowest BCUT2D eigenvalue weighted by atomic mass is 9.83. The van der Waals surface area contributed by atoms with Gasteiger partial charge in [0.25, 0.3) is 5.91 Å². The summed E-state index contributed by atoms with van der Waals surface area (Å²) < 4.78 is 47.1. The Kier molecular flexibility index (Phi) is 9.24. The molecule has 0 N–H and O–H groups in total. The Bertz CT molecular complexity index is 1570. The molecule has 1 aliphatic carbocycles. The fourth-order valence-electron chi connectivity index (χ4n) is 5.72. The first-order valence-electron chi connectivity index (χ1n) is 13.7. The van der Waals surface area contributed by atoms with Gasteiger partial charge in [-0.3, -0.25) is 4.79 Å². The maximum atomic E-state index is 14.7. The highest BCUT2D eigenvalue weighted by Gasteiger charge is 2.33. The normalized spacial score (nSPS) is 17.9. The van der Waals surface area contributed by atoms with Crippen molar-refractivity contribution < 1.29 is 22.9 Å². The Morgan fingerprint density at radius 1 is 1.07 bits per heavy atom. The average Bonchev–Trinajstić information content (AvgIpc) is 3.35. The predicted molar refractivity (Wildman–Crippen MR) is 163 cm³/mol. The van der Waals surface area contributed by atoms with E-state index in [4.69, 9.17) is 16.3 Å². The number of fused-ring (bicyclic) bond motifs is 1. The maximum absolute atomic E-state index is 14.7. The van der Waals surface area contributed by atoms with Gasteiger partial charge in [-0.2, -0.15) is 0 Å². The van der Waals surface area contributed by atoms with Gasteiger partial charge in [-0.15, -0.1) is 11.3 Å². The van der Waals surface area contributed by atoms with Gasteiger partial charge in [-0.05, 0) is 84.2 Å². The summed E-state index contributed by atoms with van der Waals surface area (Å²) in [5.74, 6) is -0.351. The zero-order chi connectivity index (χ0) is 29.3. The Hall–Kier alpha value is -2.65. The number of halogens is 3. The molecule has 4 nitrogen and oxygen atoms in total. The van der Waals surface area contributed by atoms with Crippen LogP contribution < -0.4 is 4.74 Å². The smallest absolute Gasteiger partial charge is 0.266 e. The van der Waals surface area contributed by atoms with Crippen molar-refractivity contribution in [2.45, 2.75) is 56.5 Å². The van der Waals surface area contributed by atoms with Gasteiger partial charge in [0.1, 0.15) is 28.5 Å². The lowest BCUT2D eigenvalue weighted by Crippen LogP contribution is -2.41. The maximum Gasteiger partial charge on any atom is 0.266 e. The molecule has 1 aliphatic rings. The minimum atomic E-state index is -1.12. The quantitative estimate of drug-likeness (QED) is 0.186. The van der Waals surface area contributed by atoms with Crippen LogP contribution in [0.1, 0.15) is 54.3 Å². The van der Waals surface area contributed by atoms with Gasteiger partial charge in [0.2, 0.25) is 0 Å². The van der Waals surface area contributed by atoms with Crippen LogP contribution in [0.3, 0.4) is 0 Å². The van der Waals surface area contributed by atoms with Crippen LogP contribution in [-0.2, 0) is 17.7 Å². The number of nitrogens with zero attached hydrogens (tertiary/aromatic N) is 1. The molecule has 4 aromatic rings. The summed E-state index contributed by atoms with van der Waals surface area (Å²) >= 11 is 6.35. The fraction of sp³-hybridized carbons (Fsp3) is 0.344. The van der Waals surface area contributed by atoms with Crippen molar-refractivity contribution in [1.29, 1.82) is 0 Å². The lowest BCUT2D eigenvalue weighted by Gasteiger charge is -2.37. The molecule has 1 atom stereocenters. The number of amides is 1. The predicted octanol–water partition coefficient (Wildman–Crippen LogP) is 8.86. The third-order valence-electron chi connectivity index (χ3n) is 8.09. The largest absolute Gasteiger partial charge is 0.612 e. The molecule has 216 valence electrons. The Labute approximate surface area is 251 Å². The second-order valence-electron chi connectivity index (χ2n) is 10.5. The van der Waals surface area contributed by atoms with Crippen LogP contribution in [0.25, 0.3) is 21.2 Å². The SMILES string of the molecule is CC[C@H]1CC[C@H](N(Cc2cc(-c3cccc([S+](C)[O-])c3)ccc2OC)C(=O)c2sc3c(F)ccc(F)c3c2Cl)CC1. The molecule has 9 heteroatoms. The first-order chi connectivity index (χ1) is 19.7. The molecule has 0 aliphatic heterocycles. The van der Waals surface area contributed by atoms with E-state index in [2.05, 4.69) is 6.92 Å². The standard InChI is InChI=1S/C32H32ClF2NO3S2/c1-4-19-8-11-23(12-9-19)36(32(37)31-29(33)28-25(34)13-14-26(35)30(28)40-31)18-22-16-21(10-15-27(22)39-2)20-6-5-7-24(17-20)41(3)38/h5-7,10,13-17,19,23H,4,8-9,11-12,18H2,1-3H3/t19-,23-,41?. The molecule has 3 aromatic carbocycles. The molecule has 1 heterocycles. The molecule has 1 fully saturated rings. The highest BCUT2D eigenvalue weighted by atomic mass is 35.5. The van der Waals surface area contributed by atoms with Crippen molar-refractivity contribution in [3.8, 4) is 16.9 Å². The van der Waals surface area contributed by atoms with Crippen LogP contribution in [0, 0.1) is 17.6 Å². The average molecular weight is 616 g/mol. The van der Waals surface area contributed by atoms with Gasteiger partial charge in [0.05, 0.1) is 22.2 Å². The summed E-state index contributed by atoms with van der Waals surface area (Å²) in [5.41, 5.74) is 2.61. The number of carbonyl (C=O) groups is 1. The van der Waals surface area contributed by atoms with E-state index in [0.717, 1.165) is 77.2 Å². The zero-order valence-electron chi connectivity index (χ0n) is 23.2. The van der Waals surface area contributed by atoms with Crippen LogP contribution in [0.2, 0.25) is 5.02 Å². The molecule has 0 saturated heterocycles. The highest BCUT2D eigenvalue weighted by Crippen LogP contribution is 2.41. The van der Waals surface area contributed by atoms with Crippen molar-refractivity contribution in [3.05, 3.63) is 81.7 Å². The lowest BCUT2D eigenvalue weighted by molar-refractivity contribution is 0.0591. The van der Waals surface area contributed by atoms with Gasteiger partial charge < -0.3 is 14.2 Å². The van der Waals surface area contributed by atoms with Crippen LogP contribution >= 0.6 is 22.9 Å². The summed E-state index contributed by atoms with van der Waals surface area (Å²) in [5, 5.41) is -0.105. The molecule has 1 unspecified atom stereocenters. The summed E-state index contributed by atoms with van der Waals surface area (Å²) in [6.45, 7) is 2.43. The number of ether oxygens (including phenoxy) is 1. The molecule has 1 amide bonds. The molecule has 0 bridgehead atoms. The molecule has 1 saturated carbocycles. The number of carbonyl (C=O) groups excluding carboxylic acids is 1. The zero-order valence-corrected chi connectivity index (χ0v) is 25.6. The molecule has 0 spiro atoms. The summed E-state index contributed by atoms with van der Waals surface area (Å²) in [7, 11) is 1.59. The number of hydrogen-bond acceptors (Lipinski definition) is 4. The fourth-order valence-corrected chi connectivity index (χ4v) is 7.79. The summed E-state index contributed by atoms with van der Waals surface area (Å²) in [4.78, 5) is 16.9. The van der Waals surface area contributed by atoms with E-state index in [9.17, 15) is 18.1 Å². The van der Waals surface area contributed by atoms with Gasteiger partial charge in [0, 0.05) is 24.2 Å². The Balaban J connectivity index is 1.56. The minimum Gasteiger partial charge on any atom is -0.612 e.